The molecule has 1 aliphatic heterocycles. The van der Waals surface area contributed by atoms with E-state index in [1.807, 2.05) is 0 Å². The fourth-order valence-corrected chi connectivity index (χ4v) is 9.13. The van der Waals surface area contributed by atoms with Gasteiger partial charge in [-0.25, -0.2) is 10.2 Å². The van der Waals surface area contributed by atoms with Gasteiger partial charge >= 0.3 is 5.97 Å². The molecule has 1 amide bonds. The van der Waals surface area contributed by atoms with Crippen LogP contribution in [0.1, 0.15) is 75.1 Å². The van der Waals surface area contributed by atoms with Gasteiger partial charge in [0.25, 0.3) is 5.91 Å². The minimum Gasteiger partial charge on any atom is -0.458 e. The van der Waals surface area contributed by atoms with E-state index < -0.39 is 28.1 Å². The summed E-state index contributed by atoms with van der Waals surface area (Å²) in [6, 6.07) is 3.22. The molecule has 9 nitrogen and oxygen atoms in total. The molecule has 2 heterocycles. The summed E-state index contributed by atoms with van der Waals surface area (Å²) in [5.74, 6) is -0.703. The summed E-state index contributed by atoms with van der Waals surface area (Å²) in [4.78, 5) is 28.4. The number of esters is 1. The van der Waals surface area contributed by atoms with Gasteiger partial charge in [0.05, 0.1) is 17.3 Å². The van der Waals surface area contributed by atoms with Crippen molar-refractivity contribution in [1.82, 2.24) is 10.4 Å². The monoisotopic (exact) mass is 523 g/mol. The van der Waals surface area contributed by atoms with Gasteiger partial charge < -0.3 is 20.1 Å². The Morgan fingerprint density at radius 2 is 1.87 bits per heavy atom. The SMILES string of the molecule is C[C@]12CC[C@H]3[C@@H](CC[C@]4(O)C[C@H](O)CC[C@]34/C=N\NC(=O)c3ccncc3)[C@@]1(O)CC[C@H]2C1=CC(=O)OC1. The molecule has 0 bridgehead atoms. The van der Waals surface area contributed by atoms with Crippen LogP contribution in [0.3, 0.4) is 0 Å². The summed E-state index contributed by atoms with van der Waals surface area (Å²) >= 11 is 0. The minimum atomic E-state index is -1.17. The Morgan fingerprint density at radius 3 is 2.61 bits per heavy atom. The van der Waals surface area contributed by atoms with Crippen molar-refractivity contribution in [2.45, 2.75) is 82.0 Å². The molecular weight excluding hydrogens is 486 g/mol. The zero-order chi connectivity index (χ0) is 26.8. The van der Waals surface area contributed by atoms with E-state index in [9.17, 15) is 24.9 Å². The number of amides is 1. The number of pyridine rings is 1. The zero-order valence-corrected chi connectivity index (χ0v) is 21.8. The molecule has 8 atom stereocenters. The second-order valence-corrected chi connectivity index (χ2v) is 12.5. The molecule has 204 valence electrons. The number of hydrogen-bond acceptors (Lipinski definition) is 8. The van der Waals surface area contributed by atoms with E-state index in [4.69, 9.17) is 4.74 Å². The van der Waals surface area contributed by atoms with Gasteiger partial charge in [-0.2, -0.15) is 5.10 Å². The molecule has 0 saturated heterocycles. The van der Waals surface area contributed by atoms with Crippen molar-refractivity contribution < 1.29 is 29.6 Å². The Morgan fingerprint density at radius 1 is 1.11 bits per heavy atom. The molecule has 6 rings (SSSR count). The maximum Gasteiger partial charge on any atom is 0.331 e. The van der Waals surface area contributed by atoms with Crippen LogP contribution in [0.4, 0.5) is 0 Å². The zero-order valence-electron chi connectivity index (χ0n) is 21.8. The summed E-state index contributed by atoms with van der Waals surface area (Å²) in [5, 5.41) is 39.4. The lowest BCUT2D eigenvalue weighted by Crippen LogP contribution is -2.68. The van der Waals surface area contributed by atoms with Crippen LogP contribution in [-0.2, 0) is 9.53 Å². The number of nitrogens with one attached hydrogen (secondary N) is 1. The summed E-state index contributed by atoms with van der Waals surface area (Å²) in [5.41, 5.74) is 0.743. The van der Waals surface area contributed by atoms with E-state index in [2.05, 4.69) is 22.4 Å². The van der Waals surface area contributed by atoms with Crippen molar-refractivity contribution in [3.8, 4) is 0 Å². The van der Waals surface area contributed by atoms with Crippen LogP contribution in [0, 0.1) is 28.6 Å². The number of nitrogens with zero attached hydrogens (tertiary/aromatic N) is 2. The second kappa shape index (κ2) is 8.96. The van der Waals surface area contributed by atoms with Crippen molar-refractivity contribution in [3.63, 3.8) is 0 Å². The average molecular weight is 524 g/mol. The number of aromatic nitrogens is 1. The summed E-state index contributed by atoms with van der Waals surface area (Å²) in [6.07, 6.45) is 11.2. The number of hydrogen-bond donors (Lipinski definition) is 4. The molecule has 38 heavy (non-hydrogen) atoms. The maximum atomic E-state index is 12.7. The van der Waals surface area contributed by atoms with Gasteiger partial charge in [0.2, 0.25) is 0 Å². The predicted octanol–water partition coefficient (Wildman–Crippen LogP) is 2.51. The van der Waals surface area contributed by atoms with E-state index in [0.717, 1.165) is 24.8 Å². The Balaban J connectivity index is 1.33. The van der Waals surface area contributed by atoms with Crippen LogP contribution in [0.25, 0.3) is 0 Å². The van der Waals surface area contributed by atoms with Gasteiger partial charge in [-0.05, 0) is 86.8 Å². The summed E-state index contributed by atoms with van der Waals surface area (Å²) < 4.78 is 5.22. The molecule has 1 aromatic rings. The minimum absolute atomic E-state index is 0.0532. The molecule has 4 fully saturated rings. The number of cyclic esters (lactones) is 1. The first-order valence-corrected chi connectivity index (χ1v) is 13.9. The third kappa shape index (κ3) is 3.62. The van der Waals surface area contributed by atoms with Crippen molar-refractivity contribution in [2.75, 3.05) is 6.61 Å². The summed E-state index contributed by atoms with van der Waals surface area (Å²) in [6.45, 7) is 2.46. The van der Waals surface area contributed by atoms with Gasteiger partial charge in [0.15, 0.2) is 0 Å². The normalized spacial score (nSPS) is 44.1. The van der Waals surface area contributed by atoms with Gasteiger partial charge in [0.1, 0.15) is 6.61 Å². The fraction of sp³-hybridized carbons (Fsp3) is 0.655. The summed E-state index contributed by atoms with van der Waals surface area (Å²) in [7, 11) is 0. The molecule has 4 aliphatic carbocycles. The highest BCUT2D eigenvalue weighted by atomic mass is 16.5. The number of aliphatic hydroxyl groups is 3. The topological polar surface area (TPSA) is 141 Å². The van der Waals surface area contributed by atoms with E-state index in [1.54, 1.807) is 36.8 Å². The fourth-order valence-electron chi connectivity index (χ4n) is 9.13. The Bertz CT molecular complexity index is 1190. The molecule has 0 spiro atoms. The van der Waals surface area contributed by atoms with Crippen molar-refractivity contribution in [2.24, 2.45) is 33.7 Å². The molecule has 5 aliphatic rings. The highest BCUT2D eigenvalue weighted by molar-refractivity contribution is 5.94. The molecular formula is C29H37N3O6. The van der Waals surface area contributed by atoms with Gasteiger partial charge in [-0.15, -0.1) is 0 Å². The van der Waals surface area contributed by atoms with Crippen molar-refractivity contribution in [3.05, 3.63) is 41.7 Å². The molecule has 4 N–H and O–H groups in total. The Labute approximate surface area is 222 Å². The lowest BCUT2D eigenvalue weighted by atomic mass is 9.41. The number of fused-ring (bicyclic) bond motifs is 5. The molecule has 4 saturated carbocycles. The lowest BCUT2D eigenvalue weighted by Gasteiger charge is -2.65. The highest BCUT2D eigenvalue weighted by Crippen LogP contribution is 2.70. The highest BCUT2D eigenvalue weighted by Gasteiger charge is 2.71. The number of ether oxygens (including phenoxy) is 1. The lowest BCUT2D eigenvalue weighted by molar-refractivity contribution is -0.237. The quantitative estimate of drug-likeness (QED) is 0.270. The maximum absolute atomic E-state index is 12.7. The first-order valence-electron chi connectivity index (χ1n) is 13.9. The first-order chi connectivity index (χ1) is 18.1. The molecule has 0 unspecified atom stereocenters. The second-order valence-electron chi connectivity index (χ2n) is 12.5. The molecule has 0 radical (unpaired) electrons. The smallest absolute Gasteiger partial charge is 0.331 e. The number of carbonyl (C=O) groups excluding carboxylic acids is 2. The van der Waals surface area contributed by atoms with E-state index >= 15 is 0 Å². The number of aliphatic hydroxyl groups excluding tert-OH is 1. The van der Waals surface area contributed by atoms with E-state index in [1.165, 1.54) is 0 Å². The van der Waals surface area contributed by atoms with Gasteiger partial charge in [-0.1, -0.05) is 6.92 Å². The van der Waals surface area contributed by atoms with E-state index in [-0.39, 0.29) is 36.1 Å². The van der Waals surface area contributed by atoms with Crippen molar-refractivity contribution >= 4 is 18.1 Å². The number of rotatable bonds is 4. The largest absolute Gasteiger partial charge is 0.458 e. The van der Waals surface area contributed by atoms with Crippen LogP contribution in [0.5, 0.6) is 0 Å². The van der Waals surface area contributed by atoms with Crippen LogP contribution in [0.15, 0.2) is 41.3 Å². The average Bonchev–Trinajstić information content (AvgIpc) is 3.44. The van der Waals surface area contributed by atoms with Gasteiger partial charge in [0, 0.05) is 47.5 Å². The van der Waals surface area contributed by atoms with Crippen molar-refractivity contribution in [1.29, 1.82) is 0 Å². The molecule has 9 heteroatoms. The molecule has 1 aromatic heterocycles. The Hall–Kier alpha value is -2.62. The third-order valence-corrected chi connectivity index (χ3v) is 11.0. The van der Waals surface area contributed by atoms with Gasteiger partial charge in [-0.3, -0.25) is 9.78 Å². The Kier molecular flexibility index (Phi) is 6.05. The van der Waals surface area contributed by atoms with Crippen LogP contribution < -0.4 is 5.43 Å². The first kappa shape index (κ1) is 25.6. The van der Waals surface area contributed by atoms with Crippen LogP contribution in [-0.4, -0.2) is 62.3 Å². The standard InChI is InChI=1S/C29H37N3O6/c1-26-8-3-22-23(29(26,37)11-5-21(26)19-14-24(34)38-16-19)4-10-28(36)15-20(33)2-9-27(22,28)17-31-32-25(35)18-6-12-30-13-7-18/h6-7,12-14,17,20-23,33,36-37H,2-5,8-11,15-16H2,1H3,(H,32,35)/b31-17-/t20-,21+,22+,23-,26-,27+,28+,29+/m1/s1. The number of carbonyl (C=O) groups is 2. The predicted molar refractivity (Wildman–Crippen MR) is 138 cm³/mol. The third-order valence-electron chi connectivity index (χ3n) is 11.0. The van der Waals surface area contributed by atoms with E-state index in [0.29, 0.717) is 44.3 Å². The van der Waals surface area contributed by atoms with Crippen LogP contribution >= 0.6 is 0 Å². The number of hydrazone groups is 1. The van der Waals surface area contributed by atoms with Crippen LogP contribution in [0.2, 0.25) is 0 Å². The molecule has 0 aromatic carbocycles.